The van der Waals surface area contributed by atoms with E-state index in [0.29, 0.717) is 11.1 Å². The quantitative estimate of drug-likeness (QED) is 0.0799. The minimum atomic E-state index is -4.66. The smallest absolute Gasteiger partial charge is 0.166 e. The molecule has 0 nitrogen and oxygen atoms in total. The zero-order valence-corrected chi connectivity index (χ0v) is 27.6. The molecule has 0 unspecified atom stereocenters. The van der Waals surface area contributed by atoms with Crippen LogP contribution in [0.15, 0.2) is 60.7 Å². The number of benzene rings is 2. The number of hydrogen-bond acceptors (Lipinski definition) is 2. The summed E-state index contributed by atoms with van der Waals surface area (Å²) in [6.45, 7) is 4.28. The van der Waals surface area contributed by atoms with E-state index in [4.69, 9.17) is 0 Å². The summed E-state index contributed by atoms with van der Waals surface area (Å²) in [5.74, 6) is 9.52. The molecule has 0 atom stereocenters. The van der Waals surface area contributed by atoms with Gasteiger partial charge in [-0.3, -0.25) is 0 Å². The van der Waals surface area contributed by atoms with Crippen LogP contribution in [0, 0.1) is 23.7 Å². The molecule has 242 valence electrons. The average molecular weight is 671 g/mol. The molecule has 2 heterocycles. The largest absolute Gasteiger partial charge is 0.417 e. The van der Waals surface area contributed by atoms with Crippen LogP contribution in [0.2, 0.25) is 0 Å². The van der Waals surface area contributed by atoms with Gasteiger partial charge in [0.1, 0.15) is 0 Å². The summed E-state index contributed by atoms with van der Waals surface area (Å²) >= 11 is 2.96. The standard InChI is InChI=1S/C38H36F6S2/c1-3-5-7-9-15-31-21-23-35(45-31)29-19-17-27(33(25-29)37(39,40)41)13-11-12-14-28-18-20-30(26-34(28)38(42,43)44)36-24-22-32(46-36)16-10-8-6-4-2/h17-26H,3-10,15-16H2,1-2H3. The van der Waals surface area contributed by atoms with Crippen LogP contribution in [0.25, 0.3) is 20.9 Å². The van der Waals surface area contributed by atoms with E-state index >= 15 is 0 Å². The van der Waals surface area contributed by atoms with E-state index < -0.39 is 23.5 Å². The molecular formula is C38H36F6S2. The molecule has 4 rings (SSSR count). The molecule has 0 bridgehead atoms. The second kappa shape index (κ2) is 16.4. The molecule has 0 radical (unpaired) electrons. The van der Waals surface area contributed by atoms with Gasteiger partial charge < -0.3 is 0 Å². The summed E-state index contributed by atoms with van der Waals surface area (Å²) in [7, 11) is 0. The molecule has 2 aromatic heterocycles. The SMILES string of the molecule is CCCCCCc1ccc(-c2ccc(C#CC#Cc3ccc(-c4ccc(CCCCCC)s4)cc3C(F)(F)F)c(C(F)(F)F)c2)s1. The number of rotatable bonds is 12. The van der Waals surface area contributed by atoms with E-state index in [1.165, 1.54) is 34.8 Å². The van der Waals surface area contributed by atoms with Gasteiger partial charge in [0.2, 0.25) is 0 Å². The number of unbranched alkanes of at least 4 members (excludes halogenated alkanes) is 6. The number of halogens is 6. The van der Waals surface area contributed by atoms with Gasteiger partial charge in [0, 0.05) is 30.6 Å². The maximum Gasteiger partial charge on any atom is 0.417 e. The van der Waals surface area contributed by atoms with Crippen molar-refractivity contribution in [3.63, 3.8) is 0 Å². The molecule has 0 aliphatic carbocycles. The lowest BCUT2D eigenvalue weighted by Gasteiger charge is -2.11. The summed E-state index contributed by atoms with van der Waals surface area (Å²) in [5.41, 5.74) is -1.49. The normalized spacial score (nSPS) is 11.6. The third kappa shape index (κ3) is 10.0. The van der Waals surface area contributed by atoms with Crippen molar-refractivity contribution in [3.05, 3.63) is 92.7 Å². The minimum absolute atomic E-state index is 0.281. The van der Waals surface area contributed by atoms with Gasteiger partial charge in [-0.2, -0.15) is 26.3 Å². The lowest BCUT2D eigenvalue weighted by Crippen LogP contribution is -2.08. The highest BCUT2D eigenvalue weighted by Gasteiger charge is 2.34. The van der Waals surface area contributed by atoms with Crippen LogP contribution in [-0.2, 0) is 25.2 Å². The van der Waals surface area contributed by atoms with Crippen LogP contribution in [0.4, 0.5) is 26.3 Å². The van der Waals surface area contributed by atoms with E-state index in [2.05, 4.69) is 37.5 Å². The Balaban J connectivity index is 1.54. The van der Waals surface area contributed by atoms with Gasteiger partial charge in [-0.25, -0.2) is 0 Å². The van der Waals surface area contributed by atoms with Gasteiger partial charge in [0.05, 0.1) is 11.1 Å². The minimum Gasteiger partial charge on any atom is -0.166 e. The summed E-state index contributed by atoms with van der Waals surface area (Å²) in [6, 6.07) is 15.5. The Kier molecular flexibility index (Phi) is 12.6. The highest BCUT2D eigenvalue weighted by molar-refractivity contribution is 7.15. The molecule has 0 N–H and O–H groups in total. The zero-order valence-electron chi connectivity index (χ0n) is 25.9. The van der Waals surface area contributed by atoms with Gasteiger partial charge in [-0.1, -0.05) is 76.3 Å². The van der Waals surface area contributed by atoms with Crippen LogP contribution < -0.4 is 0 Å². The molecule has 46 heavy (non-hydrogen) atoms. The number of hydrogen-bond donors (Lipinski definition) is 0. The lowest BCUT2D eigenvalue weighted by atomic mass is 10.0. The van der Waals surface area contributed by atoms with E-state index in [1.807, 2.05) is 24.3 Å². The van der Waals surface area contributed by atoms with E-state index in [-0.39, 0.29) is 11.1 Å². The molecule has 0 aliphatic rings. The summed E-state index contributed by atoms with van der Waals surface area (Å²) < 4.78 is 84.0. The zero-order chi connectivity index (χ0) is 33.2. The number of thiophene rings is 2. The molecule has 2 aromatic carbocycles. The second-order valence-electron chi connectivity index (χ2n) is 11.2. The van der Waals surface area contributed by atoms with Crippen LogP contribution >= 0.6 is 22.7 Å². The highest BCUT2D eigenvalue weighted by atomic mass is 32.1. The monoisotopic (exact) mass is 670 g/mol. The summed E-state index contributed by atoms with van der Waals surface area (Å²) in [5, 5.41) is 0. The Labute approximate surface area is 275 Å². The third-order valence-corrected chi connectivity index (χ3v) is 9.94. The highest BCUT2D eigenvalue weighted by Crippen LogP contribution is 2.38. The maximum atomic E-state index is 14.0. The average Bonchev–Trinajstić information content (AvgIpc) is 3.69. The molecule has 0 amide bonds. The molecule has 8 heteroatoms. The number of aryl methyl sites for hydroxylation is 2. The number of alkyl halides is 6. The van der Waals surface area contributed by atoms with Crippen molar-refractivity contribution in [3.8, 4) is 44.6 Å². The molecule has 0 aliphatic heterocycles. The van der Waals surface area contributed by atoms with Crippen LogP contribution in [-0.4, -0.2) is 0 Å². The Hall–Kier alpha value is -3.46. The van der Waals surface area contributed by atoms with Gasteiger partial charge in [0.15, 0.2) is 0 Å². The van der Waals surface area contributed by atoms with Crippen molar-refractivity contribution in [2.24, 2.45) is 0 Å². The lowest BCUT2D eigenvalue weighted by molar-refractivity contribution is -0.138. The van der Waals surface area contributed by atoms with Gasteiger partial charge in [0.25, 0.3) is 0 Å². The first kappa shape index (κ1) is 35.4. The summed E-state index contributed by atoms with van der Waals surface area (Å²) in [6.07, 6.45) is 1.37. The van der Waals surface area contributed by atoms with Gasteiger partial charge >= 0.3 is 12.4 Å². The third-order valence-electron chi connectivity index (χ3n) is 7.55. The van der Waals surface area contributed by atoms with Crippen LogP contribution in [0.1, 0.15) is 97.2 Å². The van der Waals surface area contributed by atoms with Crippen molar-refractivity contribution in [1.29, 1.82) is 0 Å². The van der Waals surface area contributed by atoms with Gasteiger partial charge in [-0.15, -0.1) is 22.7 Å². The first-order valence-electron chi connectivity index (χ1n) is 15.6. The first-order chi connectivity index (χ1) is 22.0. The second-order valence-corrected chi connectivity index (χ2v) is 13.5. The molecule has 0 saturated heterocycles. The van der Waals surface area contributed by atoms with E-state index in [0.717, 1.165) is 95.8 Å². The van der Waals surface area contributed by atoms with Crippen LogP contribution in [0.3, 0.4) is 0 Å². The Bertz CT molecular complexity index is 1590. The molecule has 0 fully saturated rings. The molecule has 4 aromatic rings. The van der Waals surface area contributed by atoms with E-state index in [9.17, 15) is 26.3 Å². The summed E-state index contributed by atoms with van der Waals surface area (Å²) in [4.78, 5) is 3.74. The molecular weight excluding hydrogens is 635 g/mol. The Morgan fingerprint density at radius 2 is 0.935 bits per heavy atom. The van der Waals surface area contributed by atoms with Crippen molar-refractivity contribution in [2.75, 3.05) is 0 Å². The van der Waals surface area contributed by atoms with Crippen molar-refractivity contribution in [1.82, 2.24) is 0 Å². The fraction of sp³-hybridized carbons (Fsp3) is 0.368. The Morgan fingerprint density at radius 1 is 0.522 bits per heavy atom. The van der Waals surface area contributed by atoms with Crippen molar-refractivity contribution in [2.45, 2.75) is 90.4 Å². The Morgan fingerprint density at radius 3 is 1.30 bits per heavy atom. The van der Waals surface area contributed by atoms with Crippen LogP contribution in [0.5, 0.6) is 0 Å². The van der Waals surface area contributed by atoms with E-state index in [1.54, 1.807) is 12.1 Å². The van der Waals surface area contributed by atoms with Crippen molar-refractivity contribution < 1.29 is 26.3 Å². The fourth-order valence-electron chi connectivity index (χ4n) is 5.07. The first-order valence-corrected chi connectivity index (χ1v) is 17.3. The van der Waals surface area contributed by atoms with Crippen molar-refractivity contribution >= 4 is 22.7 Å². The van der Waals surface area contributed by atoms with Gasteiger partial charge in [-0.05, 0) is 97.2 Å². The topological polar surface area (TPSA) is 0 Å². The predicted octanol–water partition coefficient (Wildman–Crippen LogP) is 12.8. The molecule has 0 spiro atoms. The molecule has 0 saturated carbocycles. The maximum absolute atomic E-state index is 14.0. The predicted molar refractivity (Wildman–Crippen MR) is 179 cm³/mol. The fourth-order valence-corrected chi connectivity index (χ4v) is 7.16.